The Morgan fingerprint density at radius 2 is 1.51 bits per heavy atom. The largest absolute Gasteiger partial charge is 0.493 e. The first-order chi connectivity index (χ1) is 17.8. The van der Waals surface area contributed by atoms with Crippen molar-refractivity contribution in [3.63, 3.8) is 0 Å². The van der Waals surface area contributed by atoms with E-state index in [0.717, 1.165) is 16.7 Å². The molecule has 0 aliphatic heterocycles. The topological polar surface area (TPSA) is 67.9 Å². The van der Waals surface area contributed by atoms with Gasteiger partial charge in [-0.2, -0.15) is 0 Å². The summed E-state index contributed by atoms with van der Waals surface area (Å²) in [5.74, 6) is 0.463. The summed E-state index contributed by atoms with van der Waals surface area (Å²) in [5, 5.41) is 2.97. The second kappa shape index (κ2) is 13.4. The van der Waals surface area contributed by atoms with Crippen molar-refractivity contribution < 1.29 is 23.5 Å². The van der Waals surface area contributed by atoms with Gasteiger partial charge in [0.15, 0.2) is 11.5 Å². The molecule has 0 saturated carbocycles. The van der Waals surface area contributed by atoms with E-state index >= 15 is 0 Å². The van der Waals surface area contributed by atoms with Crippen LogP contribution in [0.25, 0.3) is 0 Å². The van der Waals surface area contributed by atoms with Crippen molar-refractivity contribution in [3.05, 3.63) is 95.3 Å². The van der Waals surface area contributed by atoms with Crippen molar-refractivity contribution in [1.82, 2.24) is 10.2 Å². The van der Waals surface area contributed by atoms with Gasteiger partial charge in [-0.05, 0) is 61.2 Å². The van der Waals surface area contributed by atoms with Crippen LogP contribution in [-0.2, 0) is 29.0 Å². The monoisotopic (exact) mass is 506 g/mol. The van der Waals surface area contributed by atoms with Crippen molar-refractivity contribution in [3.8, 4) is 11.5 Å². The number of ether oxygens (including phenoxy) is 2. The third kappa shape index (κ3) is 8.07. The summed E-state index contributed by atoms with van der Waals surface area (Å²) < 4.78 is 24.3. The molecule has 0 bridgehead atoms. The summed E-state index contributed by atoms with van der Waals surface area (Å²) in [6.07, 6.45) is 1.02. The van der Waals surface area contributed by atoms with Crippen molar-refractivity contribution in [2.24, 2.45) is 0 Å². The number of halogens is 1. The predicted molar refractivity (Wildman–Crippen MR) is 142 cm³/mol. The molecule has 0 spiro atoms. The van der Waals surface area contributed by atoms with E-state index in [9.17, 15) is 14.0 Å². The minimum absolute atomic E-state index is 0.0830. The van der Waals surface area contributed by atoms with Gasteiger partial charge in [-0.15, -0.1) is 0 Å². The summed E-state index contributed by atoms with van der Waals surface area (Å²) in [5.41, 5.74) is 2.61. The number of carbonyl (C=O) groups is 2. The first-order valence-electron chi connectivity index (χ1n) is 12.4. The number of nitrogens with zero attached hydrogens (tertiary/aromatic N) is 1. The highest BCUT2D eigenvalue weighted by Gasteiger charge is 2.30. The molecule has 3 aromatic carbocycles. The van der Waals surface area contributed by atoms with E-state index < -0.39 is 6.04 Å². The first kappa shape index (κ1) is 27.7. The van der Waals surface area contributed by atoms with Gasteiger partial charge in [0.05, 0.1) is 14.2 Å². The third-order valence-electron chi connectivity index (χ3n) is 6.04. The number of methoxy groups -OCH3 is 2. The molecule has 0 fully saturated rings. The number of nitrogens with one attached hydrogen (secondary N) is 1. The van der Waals surface area contributed by atoms with Crippen LogP contribution < -0.4 is 14.8 Å². The Bertz CT molecular complexity index is 1170. The maximum Gasteiger partial charge on any atom is 0.243 e. The Morgan fingerprint density at radius 3 is 2.14 bits per heavy atom. The zero-order chi connectivity index (χ0) is 26.8. The molecule has 0 heterocycles. The minimum atomic E-state index is -0.729. The zero-order valence-electron chi connectivity index (χ0n) is 21.9. The molecule has 2 amide bonds. The number of rotatable bonds is 12. The highest BCUT2D eigenvalue weighted by molar-refractivity contribution is 5.88. The fourth-order valence-electron chi connectivity index (χ4n) is 4.15. The number of amides is 2. The number of carbonyl (C=O) groups excluding carboxylic acids is 2. The number of benzene rings is 3. The maximum atomic E-state index is 13.7. The van der Waals surface area contributed by atoms with Crippen LogP contribution in [0.4, 0.5) is 4.39 Å². The lowest BCUT2D eigenvalue weighted by Crippen LogP contribution is -2.51. The fourth-order valence-corrected chi connectivity index (χ4v) is 4.15. The molecule has 0 unspecified atom stereocenters. The average Bonchev–Trinajstić information content (AvgIpc) is 2.90. The molecule has 0 aromatic heterocycles. The molecular weight excluding hydrogens is 471 g/mol. The molecule has 3 rings (SSSR count). The summed E-state index contributed by atoms with van der Waals surface area (Å²) >= 11 is 0. The molecule has 7 heteroatoms. The lowest BCUT2D eigenvalue weighted by Gasteiger charge is -2.32. The van der Waals surface area contributed by atoms with Crippen molar-refractivity contribution in [2.45, 2.75) is 51.7 Å². The number of hydrogen-bond acceptors (Lipinski definition) is 4. The molecule has 37 heavy (non-hydrogen) atoms. The summed E-state index contributed by atoms with van der Waals surface area (Å²) in [6.45, 7) is 3.97. The molecule has 0 aliphatic rings. The van der Waals surface area contributed by atoms with Crippen molar-refractivity contribution in [2.75, 3.05) is 14.2 Å². The third-order valence-corrected chi connectivity index (χ3v) is 6.04. The average molecular weight is 507 g/mol. The van der Waals surface area contributed by atoms with E-state index in [1.807, 2.05) is 62.4 Å². The molecule has 0 radical (unpaired) electrons. The summed E-state index contributed by atoms with van der Waals surface area (Å²) in [7, 11) is 3.14. The van der Waals surface area contributed by atoms with E-state index in [4.69, 9.17) is 9.47 Å². The molecule has 0 saturated heterocycles. The second-order valence-electron chi connectivity index (χ2n) is 9.21. The van der Waals surface area contributed by atoms with Gasteiger partial charge in [0.2, 0.25) is 11.8 Å². The Morgan fingerprint density at radius 1 is 0.865 bits per heavy atom. The first-order valence-corrected chi connectivity index (χ1v) is 12.4. The fraction of sp³-hybridized carbons (Fsp3) is 0.333. The minimum Gasteiger partial charge on any atom is -0.493 e. The van der Waals surface area contributed by atoms with Gasteiger partial charge in [0.1, 0.15) is 11.9 Å². The van der Waals surface area contributed by atoms with Gasteiger partial charge in [-0.25, -0.2) is 4.39 Å². The second-order valence-corrected chi connectivity index (χ2v) is 9.21. The molecule has 1 N–H and O–H groups in total. The quantitative estimate of drug-likeness (QED) is 0.378. The van der Waals surface area contributed by atoms with Gasteiger partial charge in [-0.1, -0.05) is 48.5 Å². The smallest absolute Gasteiger partial charge is 0.243 e. The molecule has 3 aromatic rings. The van der Waals surface area contributed by atoms with Crippen LogP contribution in [0.3, 0.4) is 0 Å². The van der Waals surface area contributed by atoms with Crippen LogP contribution in [-0.4, -0.2) is 43.0 Å². The van der Waals surface area contributed by atoms with Gasteiger partial charge >= 0.3 is 0 Å². The van der Waals surface area contributed by atoms with E-state index in [1.54, 1.807) is 31.3 Å². The van der Waals surface area contributed by atoms with Crippen LogP contribution in [0.1, 0.15) is 37.0 Å². The Labute approximate surface area is 218 Å². The summed E-state index contributed by atoms with van der Waals surface area (Å²) in [6, 6.07) is 20.4. The molecular formula is C30H35FN2O4. The van der Waals surface area contributed by atoms with Crippen molar-refractivity contribution in [1.29, 1.82) is 0 Å². The Hall–Kier alpha value is -3.87. The highest BCUT2D eigenvalue weighted by atomic mass is 19.1. The standard InChI is InChI=1S/C30H35FN2O4/c1-21(2)32-30(35)26(18-22-8-6-5-7-9-22)33(20-24-10-14-25(31)15-11-24)29(34)17-13-23-12-16-27(36-3)28(19-23)37-4/h5-12,14-16,19,21,26H,13,17-18,20H2,1-4H3,(H,32,35)/t26-/m0/s1. The number of hydrogen-bond donors (Lipinski definition) is 1. The lowest BCUT2D eigenvalue weighted by molar-refractivity contribution is -0.141. The van der Waals surface area contributed by atoms with Crippen LogP contribution >= 0.6 is 0 Å². The molecule has 196 valence electrons. The van der Waals surface area contributed by atoms with E-state index in [1.165, 1.54) is 12.1 Å². The Balaban J connectivity index is 1.90. The zero-order valence-corrected chi connectivity index (χ0v) is 21.9. The lowest BCUT2D eigenvalue weighted by atomic mass is 10.0. The van der Waals surface area contributed by atoms with Gasteiger partial charge in [-0.3, -0.25) is 9.59 Å². The van der Waals surface area contributed by atoms with Gasteiger partial charge in [0, 0.05) is 25.4 Å². The number of aryl methyl sites for hydroxylation is 1. The van der Waals surface area contributed by atoms with E-state index in [-0.39, 0.29) is 36.6 Å². The summed E-state index contributed by atoms with van der Waals surface area (Å²) in [4.78, 5) is 28.7. The van der Waals surface area contributed by atoms with E-state index in [0.29, 0.717) is 24.3 Å². The van der Waals surface area contributed by atoms with Gasteiger partial charge in [0.25, 0.3) is 0 Å². The van der Waals surface area contributed by atoms with Crippen molar-refractivity contribution >= 4 is 11.8 Å². The highest BCUT2D eigenvalue weighted by Crippen LogP contribution is 2.28. The van der Waals surface area contributed by atoms with Crippen LogP contribution in [0.5, 0.6) is 11.5 Å². The van der Waals surface area contributed by atoms with E-state index in [2.05, 4.69) is 5.32 Å². The molecule has 6 nitrogen and oxygen atoms in total. The van der Waals surface area contributed by atoms with Crippen LogP contribution in [0.2, 0.25) is 0 Å². The maximum absolute atomic E-state index is 13.7. The molecule has 0 aliphatic carbocycles. The van der Waals surface area contributed by atoms with Crippen LogP contribution in [0.15, 0.2) is 72.8 Å². The predicted octanol–water partition coefficient (Wildman–Crippen LogP) is 4.94. The Kier molecular flexibility index (Phi) is 10.1. The van der Waals surface area contributed by atoms with Gasteiger partial charge < -0.3 is 19.7 Å². The molecule has 1 atom stereocenters. The SMILES string of the molecule is COc1ccc(CCC(=O)N(Cc2ccc(F)cc2)[C@@H](Cc2ccccc2)C(=O)NC(C)C)cc1OC. The normalized spacial score (nSPS) is 11.6. The van der Waals surface area contributed by atoms with Crippen LogP contribution in [0, 0.1) is 5.82 Å².